The van der Waals surface area contributed by atoms with E-state index in [-0.39, 0.29) is 12.1 Å². The third-order valence-electron chi connectivity index (χ3n) is 2.32. The molecule has 0 amide bonds. The van der Waals surface area contributed by atoms with E-state index in [0.29, 0.717) is 0 Å². The predicted octanol–water partition coefficient (Wildman–Crippen LogP) is 4.69. The van der Waals surface area contributed by atoms with E-state index >= 15 is 0 Å². The first-order valence-corrected chi connectivity index (χ1v) is 6.21. The molecule has 0 aliphatic carbocycles. The van der Waals surface area contributed by atoms with Crippen molar-refractivity contribution >= 4 is 39.2 Å². The van der Waals surface area contributed by atoms with Crippen LogP contribution in [-0.4, -0.2) is 22.8 Å². The van der Waals surface area contributed by atoms with Gasteiger partial charge in [0.25, 0.3) is 5.60 Å². The Morgan fingerprint density at radius 2 is 1.39 bits per heavy atom. The first-order chi connectivity index (χ1) is 10.1. The van der Waals surface area contributed by atoms with Gasteiger partial charge < -0.3 is 10.8 Å². The molecule has 0 fully saturated rings. The standard InChI is InChI=1S/C9H5BrF7NO.CF2S/c10-4-1-3(2-5(11)6(4)18)7(19,8(12,13)14)9(15,16)17;2-1(3)4/h1-2,19H,18H2;. The number of benzene rings is 1. The van der Waals surface area contributed by atoms with Gasteiger partial charge in [0.05, 0.1) is 5.69 Å². The van der Waals surface area contributed by atoms with Gasteiger partial charge in [-0.1, -0.05) is 0 Å². The number of aliphatic hydroxyl groups is 1. The molecule has 1 aromatic rings. The van der Waals surface area contributed by atoms with Crippen molar-refractivity contribution in [3.05, 3.63) is 28.0 Å². The van der Waals surface area contributed by atoms with Crippen LogP contribution < -0.4 is 5.73 Å². The predicted molar refractivity (Wildman–Crippen MR) is 69.3 cm³/mol. The van der Waals surface area contributed by atoms with Gasteiger partial charge in [0, 0.05) is 10.0 Å². The molecule has 2 nitrogen and oxygen atoms in total. The van der Waals surface area contributed by atoms with Gasteiger partial charge in [0.2, 0.25) is 0 Å². The average Bonchev–Trinajstić information content (AvgIpc) is 2.30. The molecule has 0 aliphatic heterocycles. The molecule has 0 unspecified atom stereocenters. The lowest BCUT2D eigenvalue weighted by Gasteiger charge is -2.32. The Labute approximate surface area is 136 Å². The maximum Gasteiger partial charge on any atom is 0.430 e. The normalized spacial score (nSPS) is 12.5. The van der Waals surface area contributed by atoms with Gasteiger partial charge in [-0.2, -0.15) is 35.1 Å². The van der Waals surface area contributed by atoms with Crippen LogP contribution in [0.25, 0.3) is 0 Å². The lowest BCUT2D eigenvalue weighted by atomic mass is 9.92. The number of nitrogens with two attached hydrogens (primary N) is 1. The van der Waals surface area contributed by atoms with Crippen molar-refractivity contribution in [1.29, 1.82) is 0 Å². The number of halogens is 10. The summed E-state index contributed by atoms with van der Waals surface area (Å²) in [4.78, 5) is 0. The fourth-order valence-electron chi connectivity index (χ4n) is 1.28. The van der Waals surface area contributed by atoms with E-state index in [9.17, 15) is 39.5 Å². The SMILES string of the molecule is FC(F)=S.Nc1c(F)cc(C(O)(C(F)(F)F)C(F)(F)F)cc1Br. The van der Waals surface area contributed by atoms with Gasteiger partial charge in [-0.15, -0.1) is 0 Å². The van der Waals surface area contributed by atoms with E-state index in [4.69, 9.17) is 10.8 Å². The van der Waals surface area contributed by atoms with Gasteiger partial charge in [0.15, 0.2) is 0 Å². The second-order valence-electron chi connectivity index (χ2n) is 3.79. The minimum atomic E-state index is -6.08. The van der Waals surface area contributed by atoms with E-state index < -0.39 is 44.9 Å². The molecule has 0 heterocycles. The lowest BCUT2D eigenvalue weighted by molar-refractivity contribution is -0.376. The minimum Gasteiger partial charge on any atom is -0.395 e. The maximum absolute atomic E-state index is 13.1. The van der Waals surface area contributed by atoms with Crippen molar-refractivity contribution in [2.45, 2.75) is 18.0 Å². The summed E-state index contributed by atoms with van der Waals surface area (Å²) >= 11 is 5.72. The summed E-state index contributed by atoms with van der Waals surface area (Å²) in [5.41, 5.74) is -2.52. The molecular formula is C10H5BrF9NOS. The Hall–Kier alpha value is -1.08. The second-order valence-corrected chi connectivity index (χ2v) is 4.95. The fourth-order valence-corrected chi connectivity index (χ4v) is 1.72. The van der Waals surface area contributed by atoms with Crippen LogP contribution in [-0.2, 0) is 5.60 Å². The topological polar surface area (TPSA) is 46.2 Å². The lowest BCUT2D eigenvalue weighted by Crippen LogP contribution is -2.54. The average molecular weight is 438 g/mol. The number of alkyl halides is 6. The third kappa shape index (κ3) is 4.94. The maximum atomic E-state index is 13.1. The summed E-state index contributed by atoms with van der Waals surface area (Å²) in [5.74, 6) is -1.52. The number of hydrogen-bond donors (Lipinski definition) is 2. The summed E-state index contributed by atoms with van der Waals surface area (Å²) in [6.45, 7) is 0. The molecule has 0 atom stereocenters. The first kappa shape index (κ1) is 21.9. The largest absolute Gasteiger partial charge is 0.430 e. The molecule has 0 saturated heterocycles. The molecule has 0 saturated carbocycles. The molecule has 0 aromatic heterocycles. The summed E-state index contributed by atoms with van der Waals surface area (Å²) in [7, 11) is 0. The molecule has 132 valence electrons. The molecule has 13 heteroatoms. The molecule has 23 heavy (non-hydrogen) atoms. The van der Waals surface area contributed by atoms with Crippen LogP contribution in [0.2, 0.25) is 0 Å². The highest BCUT2D eigenvalue weighted by atomic mass is 79.9. The Morgan fingerprint density at radius 1 is 1.04 bits per heavy atom. The number of rotatable bonds is 1. The Kier molecular flexibility index (Phi) is 6.88. The Balaban J connectivity index is 0.00000108. The van der Waals surface area contributed by atoms with Gasteiger partial charge in [-0.05, 0) is 40.3 Å². The van der Waals surface area contributed by atoms with Gasteiger partial charge >= 0.3 is 17.7 Å². The van der Waals surface area contributed by atoms with Gasteiger partial charge in [0.1, 0.15) is 5.82 Å². The van der Waals surface area contributed by atoms with E-state index in [1.165, 1.54) is 0 Å². The minimum absolute atomic E-state index is 0.110. The van der Waals surface area contributed by atoms with Crippen LogP contribution >= 0.6 is 28.1 Å². The zero-order valence-electron chi connectivity index (χ0n) is 10.4. The van der Waals surface area contributed by atoms with Gasteiger partial charge in [-0.25, -0.2) is 4.39 Å². The molecule has 3 N–H and O–H groups in total. The van der Waals surface area contributed by atoms with E-state index in [1.54, 1.807) is 0 Å². The number of hydrogen-bond acceptors (Lipinski definition) is 3. The van der Waals surface area contributed by atoms with Crippen molar-refractivity contribution in [3.8, 4) is 0 Å². The quantitative estimate of drug-likeness (QED) is 0.290. The molecule has 0 bridgehead atoms. The summed E-state index contributed by atoms with van der Waals surface area (Å²) in [6.07, 6.45) is -12.2. The molecule has 0 aliphatic rings. The zero-order chi connectivity index (χ0) is 18.8. The smallest absolute Gasteiger partial charge is 0.395 e. The van der Waals surface area contributed by atoms with Crippen molar-refractivity contribution in [1.82, 2.24) is 0 Å². The number of thiocarbonyl (C=S) groups is 1. The van der Waals surface area contributed by atoms with E-state index in [2.05, 4.69) is 28.1 Å². The summed E-state index contributed by atoms with van der Waals surface area (Å²) in [5, 5.41) is 7.02. The van der Waals surface area contributed by atoms with E-state index in [0.717, 1.165) is 0 Å². The summed E-state index contributed by atoms with van der Waals surface area (Å²) < 4.78 is 108. The molecule has 1 aromatic carbocycles. The highest BCUT2D eigenvalue weighted by molar-refractivity contribution is 9.10. The highest BCUT2D eigenvalue weighted by Crippen LogP contribution is 2.50. The Bertz CT molecular complexity index is 546. The number of anilines is 1. The second kappa shape index (κ2) is 7.21. The molecular weight excluding hydrogens is 433 g/mol. The van der Waals surface area contributed by atoms with Crippen molar-refractivity contribution < 1.29 is 44.6 Å². The van der Waals surface area contributed by atoms with Crippen LogP contribution in [0.1, 0.15) is 5.56 Å². The van der Waals surface area contributed by atoms with Crippen LogP contribution in [0.15, 0.2) is 16.6 Å². The number of nitrogen functional groups attached to an aromatic ring is 1. The van der Waals surface area contributed by atoms with Crippen molar-refractivity contribution in [2.24, 2.45) is 0 Å². The molecule has 0 spiro atoms. The van der Waals surface area contributed by atoms with Crippen LogP contribution in [0.3, 0.4) is 0 Å². The Morgan fingerprint density at radius 3 is 1.65 bits per heavy atom. The highest BCUT2D eigenvalue weighted by Gasteiger charge is 2.71. The van der Waals surface area contributed by atoms with Crippen molar-refractivity contribution in [2.75, 3.05) is 5.73 Å². The van der Waals surface area contributed by atoms with Gasteiger partial charge in [-0.3, -0.25) is 0 Å². The summed E-state index contributed by atoms with van der Waals surface area (Å²) in [6, 6.07) is 0.153. The fraction of sp³-hybridized carbons (Fsp3) is 0.300. The first-order valence-electron chi connectivity index (χ1n) is 5.01. The van der Waals surface area contributed by atoms with Crippen LogP contribution in [0.5, 0.6) is 0 Å². The monoisotopic (exact) mass is 437 g/mol. The molecule has 1 rings (SSSR count). The van der Waals surface area contributed by atoms with Crippen molar-refractivity contribution in [3.63, 3.8) is 0 Å². The van der Waals surface area contributed by atoms with Crippen LogP contribution in [0.4, 0.5) is 45.2 Å². The van der Waals surface area contributed by atoms with E-state index in [1.807, 2.05) is 0 Å². The molecule has 0 radical (unpaired) electrons. The zero-order valence-corrected chi connectivity index (χ0v) is 12.8. The third-order valence-corrected chi connectivity index (χ3v) is 2.97. The van der Waals surface area contributed by atoms with Crippen LogP contribution in [0, 0.1) is 5.82 Å².